The number of aromatic nitrogens is 1. The molecule has 0 fully saturated rings. The van der Waals surface area contributed by atoms with E-state index >= 15 is 0 Å². The number of hydrogen-bond donors (Lipinski definition) is 0. The molecule has 0 amide bonds. The largest absolute Gasteiger partial charge is 0.456 e. The van der Waals surface area contributed by atoms with Gasteiger partial charge in [0, 0.05) is 76.6 Å². The summed E-state index contributed by atoms with van der Waals surface area (Å²) < 4.78 is 14.9. The SMILES string of the molecule is c1ccc2c(c1)oc1ccc(N(c3ccc4oc5ccccc5c4c3)c3ccc4sc5cc6cnccc6cc5c4c3)cc12. The molecule has 206 valence electrons. The molecule has 0 atom stereocenters. The van der Waals surface area contributed by atoms with Gasteiger partial charge in [0.25, 0.3) is 0 Å². The topological polar surface area (TPSA) is 42.4 Å². The maximum absolute atomic E-state index is 6.19. The Hall–Kier alpha value is -5.65. The van der Waals surface area contributed by atoms with Crippen LogP contribution in [0.3, 0.4) is 0 Å². The number of rotatable bonds is 3. The molecule has 0 saturated heterocycles. The Bertz CT molecular complexity index is 2640. The Labute approximate surface area is 255 Å². The standard InChI is InChI=1S/C39H22N2O2S/c1-3-7-34-28(5-1)30-19-25(9-12-36(30)42-34)41(26-10-13-37-31(20-26)29-6-2-4-8-35(29)43-37)27-11-14-38-33(21-27)32-17-23-15-16-40-22-24(23)18-39(32)44-38/h1-22H. The number of pyridine rings is 1. The van der Waals surface area contributed by atoms with Gasteiger partial charge in [-0.25, -0.2) is 0 Å². The summed E-state index contributed by atoms with van der Waals surface area (Å²) in [7, 11) is 0. The third-order valence-electron chi connectivity index (χ3n) is 8.71. The van der Waals surface area contributed by atoms with Crippen molar-refractivity contribution in [2.75, 3.05) is 4.90 Å². The highest BCUT2D eigenvalue weighted by molar-refractivity contribution is 7.25. The molecule has 4 heterocycles. The molecule has 0 N–H and O–H groups in total. The number of nitrogens with zero attached hydrogens (tertiary/aromatic N) is 2. The number of thiophene rings is 1. The molecule has 5 heteroatoms. The Morgan fingerprint density at radius 2 is 1.02 bits per heavy atom. The maximum atomic E-state index is 6.19. The van der Waals surface area contributed by atoms with Gasteiger partial charge in [-0.05, 0) is 90.3 Å². The van der Waals surface area contributed by atoms with Gasteiger partial charge in [-0.1, -0.05) is 36.4 Å². The molecule has 4 nitrogen and oxygen atoms in total. The van der Waals surface area contributed by atoms with Crippen LogP contribution in [0, 0.1) is 0 Å². The molecule has 0 bridgehead atoms. The van der Waals surface area contributed by atoms with Crippen molar-refractivity contribution in [2.45, 2.75) is 0 Å². The van der Waals surface area contributed by atoms with Crippen LogP contribution in [0.25, 0.3) is 74.8 Å². The number of anilines is 3. The number of furan rings is 2. The summed E-state index contributed by atoms with van der Waals surface area (Å²) in [4.78, 5) is 6.68. The first-order chi connectivity index (χ1) is 21.8. The van der Waals surface area contributed by atoms with Gasteiger partial charge in [0.05, 0.1) is 0 Å². The third-order valence-corrected chi connectivity index (χ3v) is 9.84. The molecule has 0 radical (unpaired) electrons. The second-order valence-electron chi connectivity index (χ2n) is 11.2. The first-order valence-corrected chi connectivity index (χ1v) is 15.4. The first kappa shape index (κ1) is 23.9. The van der Waals surface area contributed by atoms with Gasteiger partial charge in [0.1, 0.15) is 22.3 Å². The molecular weight excluding hydrogens is 561 g/mol. The van der Waals surface area contributed by atoms with Crippen LogP contribution in [-0.4, -0.2) is 4.98 Å². The number of hydrogen-bond acceptors (Lipinski definition) is 5. The smallest absolute Gasteiger partial charge is 0.135 e. The highest BCUT2D eigenvalue weighted by atomic mass is 32.1. The van der Waals surface area contributed by atoms with Crippen molar-refractivity contribution in [3.63, 3.8) is 0 Å². The fourth-order valence-electron chi connectivity index (χ4n) is 6.64. The zero-order valence-corrected chi connectivity index (χ0v) is 24.1. The van der Waals surface area contributed by atoms with Crippen molar-refractivity contribution in [2.24, 2.45) is 0 Å². The van der Waals surface area contributed by atoms with E-state index in [-0.39, 0.29) is 0 Å². The molecular formula is C39H22N2O2S. The quantitative estimate of drug-likeness (QED) is 0.208. The lowest BCUT2D eigenvalue weighted by Gasteiger charge is -2.26. The fourth-order valence-corrected chi connectivity index (χ4v) is 7.76. The van der Waals surface area contributed by atoms with Crippen molar-refractivity contribution in [3.05, 3.63) is 134 Å². The average molecular weight is 583 g/mol. The molecule has 0 aliphatic carbocycles. The molecule has 0 aliphatic heterocycles. The summed E-state index contributed by atoms with van der Waals surface area (Å²) >= 11 is 1.83. The molecule has 6 aromatic carbocycles. The van der Waals surface area contributed by atoms with Gasteiger partial charge in [0.2, 0.25) is 0 Å². The van der Waals surface area contributed by atoms with Gasteiger partial charge in [-0.3, -0.25) is 4.98 Å². The average Bonchev–Trinajstić information content (AvgIpc) is 3.74. The van der Waals surface area contributed by atoms with E-state index in [1.807, 2.05) is 48.0 Å². The lowest BCUT2D eigenvalue weighted by atomic mass is 10.1. The molecule has 0 spiro atoms. The highest BCUT2D eigenvalue weighted by Crippen LogP contribution is 2.44. The Morgan fingerprint density at radius 1 is 0.455 bits per heavy atom. The molecule has 4 aromatic heterocycles. The van der Waals surface area contributed by atoms with E-state index in [1.165, 1.54) is 25.6 Å². The zero-order valence-electron chi connectivity index (χ0n) is 23.3. The number of benzene rings is 6. The number of fused-ring (bicyclic) bond motifs is 10. The summed E-state index contributed by atoms with van der Waals surface area (Å²) in [6.07, 6.45) is 3.80. The van der Waals surface area contributed by atoms with E-state index in [0.717, 1.165) is 66.3 Å². The van der Waals surface area contributed by atoms with Crippen LogP contribution in [-0.2, 0) is 0 Å². The van der Waals surface area contributed by atoms with E-state index in [0.29, 0.717) is 0 Å². The Kier molecular flexibility index (Phi) is 4.84. The molecule has 0 saturated carbocycles. The maximum Gasteiger partial charge on any atom is 0.135 e. The van der Waals surface area contributed by atoms with Crippen molar-refractivity contribution >= 4 is 103 Å². The van der Waals surface area contributed by atoms with Crippen LogP contribution < -0.4 is 4.90 Å². The summed E-state index contributed by atoms with van der Waals surface area (Å²) in [5, 5.41) is 9.29. The molecule has 0 unspecified atom stereocenters. The van der Waals surface area contributed by atoms with Crippen molar-refractivity contribution in [1.29, 1.82) is 0 Å². The predicted octanol–water partition coefficient (Wildman–Crippen LogP) is 11.9. The number of para-hydroxylation sites is 2. The van der Waals surface area contributed by atoms with Crippen molar-refractivity contribution in [3.8, 4) is 0 Å². The van der Waals surface area contributed by atoms with E-state index in [2.05, 4.69) is 107 Å². The van der Waals surface area contributed by atoms with Crippen LogP contribution in [0.15, 0.2) is 143 Å². The van der Waals surface area contributed by atoms with Crippen molar-refractivity contribution in [1.82, 2.24) is 4.98 Å². The van der Waals surface area contributed by atoms with Gasteiger partial charge >= 0.3 is 0 Å². The highest BCUT2D eigenvalue weighted by Gasteiger charge is 2.19. The van der Waals surface area contributed by atoms with Gasteiger partial charge in [0.15, 0.2) is 0 Å². The van der Waals surface area contributed by atoms with Crippen LogP contribution in [0.1, 0.15) is 0 Å². The van der Waals surface area contributed by atoms with Crippen LogP contribution in [0.4, 0.5) is 17.1 Å². The minimum Gasteiger partial charge on any atom is -0.456 e. The zero-order chi connectivity index (χ0) is 28.8. The van der Waals surface area contributed by atoms with E-state index in [1.54, 1.807) is 0 Å². The minimum atomic E-state index is 0.881. The van der Waals surface area contributed by atoms with E-state index in [9.17, 15) is 0 Å². The minimum absolute atomic E-state index is 0.881. The Morgan fingerprint density at radius 3 is 1.70 bits per heavy atom. The second kappa shape index (κ2) is 8.93. The molecule has 10 aromatic rings. The van der Waals surface area contributed by atoms with Crippen molar-refractivity contribution < 1.29 is 8.83 Å². The van der Waals surface area contributed by atoms with Crippen LogP contribution >= 0.6 is 11.3 Å². The van der Waals surface area contributed by atoms with Crippen LogP contribution in [0.5, 0.6) is 0 Å². The summed E-state index contributed by atoms with van der Waals surface area (Å²) in [6, 6.07) is 42.9. The van der Waals surface area contributed by atoms with Gasteiger partial charge in [-0.15, -0.1) is 11.3 Å². The summed E-state index contributed by atoms with van der Waals surface area (Å²) in [5.74, 6) is 0. The molecule has 0 aliphatic rings. The molecule has 10 rings (SSSR count). The first-order valence-electron chi connectivity index (χ1n) is 14.6. The monoisotopic (exact) mass is 582 g/mol. The Balaban J connectivity index is 1.24. The summed E-state index contributed by atoms with van der Waals surface area (Å²) in [6.45, 7) is 0. The normalized spacial score (nSPS) is 12.1. The lowest BCUT2D eigenvalue weighted by Crippen LogP contribution is -2.09. The van der Waals surface area contributed by atoms with E-state index in [4.69, 9.17) is 8.83 Å². The van der Waals surface area contributed by atoms with E-state index < -0.39 is 0 Å². The van der Waals surface area contributed by atoms with Crippen LogP contribution in [0.2, 0.25) is 0 Å². The summed E-state index contributed by atoms with van der Waals surface area (Å²) in [5.41, 5.74) is 6.76. The molecule has 44 heavy (non-hydrogen) atoms. The third kappa shape index (κ3) is 3.47. The fraction of sp³-hybridized carbons (Fsp3) is 0. The van der Waals surface area contributed by atoms with Gasteiger partial charge < -0.3 is 13.7 Å². The van der Waals surface area contributed by atoms with Gasteiger partial charge in [-0.2, -0.15) is 0 Å². The lowest BCUT2D eigenvalue weighted by molar-refractivity contribution is 0.668. The predicted molar refractivity (Wildman–Crippen MR) is 184 cm³/mol. The second-order valence-corrected chi connectivity index (χ2v) is 12.3.